The van der Waals surface area contributed by atoms with Crippen molar-refractivity contribution >= 4 is 10.8 Å². The zero-order chi connectivity index (χ0) is 10.1. The van der Waals surface area contributed by atoms with Gasteiger partial charge in [0.1, 0.15) is 0 Å². The molecule has 2 aromatic rings. The first kappa shape index (κ1) is 8.94. The molecular formula is C11H11NO2. The Bertz CT molecular complexity index is 514. The summed E-state index contributed by atoms with van der Waals surface area (Å²) in [5.41, 5.74) is 0.463. The van der Waals surface area contributed by atoms with E-state index in [0.29, 0.717) is 5.39 Å². The number of hydrogen-bond acceptors (Lipinski definition) is 3. The Hall–Kier alpha value is -1.64. The Labute approximate surface area is 81.3 Å². The lowest BCUT2D eigenvalue weighted by atomic mass is 10.0. The van der Waals surface area contributed by atoms with Gasteiger partial charge in [-0.15, -0.1) is 0 Å². The fraction of sp³-hybridized carbons (Fsp3) is 0.273. The van der Waals surface area contributed by atoms with Gasteiger partial charge in [-0.3, -0.25) is 0 Å². The highest BCUT2D eigenvalue weighted by Crippen LogP contribution is 2.20. The third-order valence-electron chi connectivity index (χ3n) is 2.20. The van der Waals surface area contributed by atoms with Crippen LogP contribution in [0.5, 0.6) is 0 Å². The molecule has 0 aliphatic carbocycles. The summed E-state index contributed by atoms with van der Waals surface area (Å²) in [5, 5.41) is 5.31. The second-order valence-corrected chi connectivity index (χ2v) is 3.56. The molecule has 0 aliphatic heterocycles. The Morgan fingerprint density at radius 3 is 2.50 bits per heavy atom. The van der Waals surface area contributed by atoms with Crippen molar-refractivity contribution in [2.45, 2.75) is 19.8 Å². The fourth-order valence-corrected chi connectivity index (χ4v) is 1.49. The van der Waals surface area contributed by atoms with Gasteiger partial charge in [0.15, 0.2) is 0 Å². The van der Waals surface area contributed by atoms with Crippen molar-refractivity contribution < 1.29 is 4.52 Å². The van der Waals surface area contributed by atoms with E-state index in [-0.39, 0.29) is 11.5 Å². The molecule has 0 saturated heterocycles. The van der Waals surface area contributed by atoms with E-state index in [1.165, 1.54) is 0 Å². The number of fused-ring (bicyclic) bond motifs is 1. The highest BCUT2D eigenvalue weighted by molar-refractivity contribution is 5.83. The Balaban J connectivity index is 2.89. The van der Waals surface area contributed by atoms with E-state index in [2.05, 4.69) is 5.16 Å². The van der Waals surface area contributed by atoms with Crippen LogP contribution in [0.15, 0.2) is 33.6 Å². The van der Waals surface area contributed by atoms with Crippen molar-refractivity contribution in [3.8, 4) is 0 Å². The number of aromatic nitrogens is 1. The predicted octanol–water partition coefficient (Wildman–Crippen LogP) is 2.31. The van der Waals surface area contributed by atoms with Gasteiger partial charge in [-0.25, -0.2) is 4.79 Å². The van der Waals surface area contributed by atoms with Crippen molar-refractivity contribution in [1.82, 2.24) is 5.16 Å². The molecular weight excluding hydrogens is 178 g/mol. The highest BCUT2D eigenvalue weighted by atomic mass is 16.5. The molecule has 1 heterocycles. The third kappa shape index (κ3) is 1.31. The van der Waals surface area contributed by atoms with Crippen molar-refractivity contribution in [3.63, 3.8) is 0 Å². The van der Waals surface area contributed by atoms with E-state index in [4.69, 9.17) is 4.52 Å². The van der Waals surface area contributed by atoms with Crippen LogP contribution < -0.4 is 5.63 Å². The molecule has 0 atom stereocenters. The second kappa shape index (κ2) is 3.25. The maximum atomic E-state index is 11.3. The number of hydrogen-bond donors (Lipinski definition) is 0. The van der Waals surface area contributed by atoms with E-state index >= 15 is 0 Å². The van der Waals surface area contributed by atoms with Crippen LogP contribution in [0.4, 0.5) is 0 Å². The fourth-order valence-electron chi connectivity index (χ4n) is 1.49. The average Bonchev–Trinajstić information content (AvgIpc) is 2.18. The van der Waals surface area contributed by atoms with Crippen LogP contribution in [0.1, 0.15) is 25.5 Å². The lowest BCUT2D eigenvalue weighted by molar-refractivity contribution is 0.363. The first-order chi connectivity index (χ1) is 6.70. The first-order valence-electron chi connectivity index (χ1n) is 4.59. The average molecular weight is 189 g/mol. The molecule has 0 aliphatic rings. The monoisotopic (exact) mass is 189 g/mol. The van der Waals surface area contributed by atoms with Gasteiger partial charge in [0.25, 0.3) is 0 Å². The van der Waals surface area contributed by atoms with Gasteiger partial charge in [-0.05, 0) is 12.0 Å². The molecule has 3 nitrogen and oxygen atoms in total. The van der Waals surface area contributed by atoms with Crippen LogP contribution in [-0.4, -0.2) is 5.16 Å². The second-order valence-electron chi connectivity index (χ2n) is 3.56. The maximum absolute atomic E-state index is 11.3. The lowest BCUT2D eigenvalue weighted by Crippen LogP contribution is -2.05. The van der Waals surface area contributed by atoms with Crippen molar-refractivity contribution in [3.05, 3.63) is 40.4 Å². The minimum absolute atomic E-state index is 0.254. The Kier molecular flexibility index (Phi) is 2.08. The molecule has 14 heavy (non-hydrogen) atoms. The molecule has 0 spiro atoms. The summed E-state index contributed by atoms with van der Waals surface area (Å²) in [4.78, 5) is 11.3. The van der Waals surface area contributed by atoms with Crippen LogP contribution in [0.3, 0.4) is 0 Å². The van der Waals surface area contributed by atoms with E-state index in [0.717, 1.165) is 11.1 Å². The Morgan fingerprint density at radius 1 is 1.21 bits per heavy atom. The van der Waals surface area contributed by atoms with E-state index in [9.17, 15) is 4.79 Å². The van der Waals surface area contributed by atoms with E-state index in [1.807, 2.05) is 32.0 Å². The van der Waals surface area contributed by atoms with Crippen LogP contribution >= 0.6 is 0 Å². The van der Waals surface area contributed by atoms with Crippen molar-refractivity contribution in [2.75, 3.05) is 0 Å². The smallest absolute Gasteiger partial charge is 0.312 e. The molecule has 0 radical (unpaired) electrons. The largest absolute Gasteiger partial charge is 0.366 e. The van der Waals surface area contributed by atoms with Gasteiger partial charge < -0.3 is 4.52 Å². The van der Waals surface area contributed by atoms with Crippen LogP contribution in [0, 0.1) is 0 Å². The lowest BCUT2D eigenvalue weighted by Gasteiger charge is -2.05. The summed E-state index contributed by atoms with van der Waals surface area (Å²) < 4.78 is 4.73. The van der Waals surface area contributed by atoms with Gasteiger partial charge in [-0.2, -0.15) is 0 Å². The SMILES string of the molecule is CC(C)c1noc(=O)c2ccccc12. The van der Waals surface area contributed by atoms with Crippen LogP contribution in [-0.2, 0) is 0 Å². The molecule has 1 aromatic heterocycles. The van der Waals surface area contributed by atoms with Crippen molar-refractivity contribution in [2.24, 2.45) is 0 Å². The Morgan fingerprint density at radius 2 is 1.86 bits per heavy atom. The maximum Gasteiger partial charge on any atom is 0.366 e. The van der Waals surface area contributed by atoms with Gasteiger partial charge in [0.2, 0.25) is 0 Å². The zero-order valence-corrected chi connectivity index (χ0v) is 8.15. The molecule has 3 heteroatoms. The minimum Gasteiger partial charge on any atom is -0.312 e. The van der Waals surface area contributed by atoms with Gasteiger partial charge in [-0.1, -0.05) is 37.2 Å². The summed E-state index contributed by atoms with van der Waals surface area (Å²) in [6, 6.07) is 7.38. The molecule has 0 amide bonds. The van der Waals surface area contributed by atoms with Crippen LogP contribution in [0.2, 0.25) is 0 Å². The predicted molar refractivity (Wildman–Crippen MR) is 54.4 cm³/mol. The zero-order valence-electron chi connectivity index (χ0n) is 8.15. The summed E-state index contributed by atoms with van der Waals surface area (Å²) in [7, 11) is 0. The molecule has 0 unspecified atom stereocenters. The minimum atomic E-state index is -0.370. The number of benzene rings is 1. The number of rotatable bonds is 1. The molecule has 0 N–H and O–H groups in total. The van der Waals surface area contributed by atoms with Crippen LogP contribution in [0.25, 0.3) is 10.8 Å². The van der Waals surface area contributed by atoms with E-state index in [1.54, 1.807) is 6.07 Å². The van der Waals surface area contributed by atoms with Gasteiger partial charge in [0, 0.05) is 5.39 Å². The molecule has 0 saturated carbocycles. The standard InChI is InChI=1S/C11H11NO2/c1-7(2)10-8-5-3-4-6-9(8)11(13)14-12-10/h3-7H,1-2H3. The van der Waals surface area contributed by atoms with Gasteiger partial charge in [0.05, 0.1) is 11.1 Å². The summed E-state index contributed by atoms with van der Waals surface area (Å²) in [5.74, 6) is 0.254. The molecule has 0 bridgehead atoms. The summed E-state index contributed by atoms with van der Waals surface area (Å²) in [6.07, 6.45) is 0. The van der Waals surface area contributed by atoms with Gasteiger partial charge >= 0.3 is 5.63 Å². The van der Waals surface area contributed by atoms with Crippen molar-refractivity contribution in [1.29, 1.82) is 0 Å². The highest BCUT2D eigenvalue weighted by Gasteiger charge is 2.09. The molecule has 0 fully saturated rings. The summed E-state index contributed by atoms with van der Waals surface area (Å²) >= 11 is 0. The van der Waals surface area contributed by atoms with E-state index < -0.39 is 0 Å². The molecule has 1 aromatic carbocycles. The summed E-state index contributed by atoms with van der Waals surface area (Å²) in [6.45, 7) is 4.05. The first-order valence-corrected chi connectivity index (χ1v) is 4.59. The normalized spacial score (nSPS) is 11.1. The topological polar surface area (TPSA) is 43.1 Å². The quantitative estimate of drug-likeness (QED) is 0.691. The number of nitrogens with zero attached hydrogens (tertiary/aromatic N) is 1. The molecule has 2 rings (SSSR count). The molecule has 72 valence electrons. The third-order valence-corrected chi connectivity index (χ3v) is 2.20.